The van der Waals surface area contributed by atoms with Crippen molar-refractivity contribution in [3.05, 3.63) is 59.8 Å². The monoisotopic (exact) mass is 368 g/mol. The molecular formula is C21H24N2O4. The number of Topliss-reactive ketones (excluding diaryl/α,β-unsaturated/α-hetero) is 1. The van der Waals surface area contributed by atoms with Crippen molar-refractivity contribution < 1.29 is 19.1 Å². The van der Waals surface area contributed by atoms with Crippen LogP contribution in [0.1, 0.15) is 32.6 Å². The van der Waals surface area contributed by atoms with Crippen LogP contribution < -0.4 is 9.80 Å². The second-order valence-corrected chi connectivity index (χ2v) is 7.85. The van der Waals surface area contributed by atoms with Crippen molar-refractivity contribution in [1.29, 1.82) is 0 Å². The number of rotatable bonds is 4. The van der Waals surface area contributed by atoms with E-state index in [1.807, 2.05) is 31.1 Å². The maximum atomic E-state index is 13.0. The normalized spacial score (nSPS) is 17.6. The lowest BCUT2D eigenvalue weighted by Gasteiger charge is -2.27. The fraction of sp³-hybridized carbons (Fsp3) is 0.333. The quantitative estimate of drug-likeness (QED) is 0.887. The third-order valence-electron chi connectivity index (χ3n) is 4.59. The molecule has 3 rings (SSSR count). The van der Waals surface area contributed by atoms with E-state index >= 15 is 0 Å². The number of hydrogen-bond acceptors (Lipinski definition) is 5. The van der Waals surface area contributed by atoms with E-state index in [1.165, 1.54) is 11.2 Å². The highest BCUT2D eigenvalue weighted by molar-refractivity contribution is 6.17. The first-order valence-electron chi connectivity index (χ1n) is 8.75. The van der Waals surface area contributed by atoms with Gasteiger partial charge in [-0.25, -0.2) is 0 Å². The molecular weight excluding hydrogens is 344 g/mol. The molecule has 1 aliphatic heterocycles. The van der Waals surface area contributed by atoms with E-state index < -0.39 is 23.1 Å². The second-order valence-electron chi connectivity index (χ2n) is 7.85. The van der Waals surface area contributed by atoms with Crippen LogP contribution in [0.15, 0.2) is 58.4 Å². The molecule has 0 saturated carbocycles. The van der Waals surface area contributed by atoms with Gasteiger partial charge in [0.1, 0.15) is 11.8 Å². The number of furan rings is 1. The first-order valence-corrected chi connectivity index (χ1v) is 8.75. The zero-order valence-electron chi connectivity index (χ0n) is 16.2. The molecule has 0 bridgehead atoms. The number of amides is 1. The van der Waals surface area contributed by atoms with Crippen LogP contribution in [0.2, 0.25) is 0 Å². The molecule has 0 aliphatic carbocycles. The van der Waals surface area contributed by atoms with Gasteiger partial charge in [0.15, 0.2) is 11.5 Å². The van der Waals surface area contributed by atoms with Gasteiger partial charge in [-0.05, 0) is 36.4 Å². The van der Waals surface area contributed by atoms with E-state index in [1.54, 1.807) is 45.0 Å². The van der Waals surface area contributed by atoms with Gasteiger partial charge in [0.05, 0.1) is 11.8 Å². The van der Waals surface area contributed by atoms with Gasteiger partial charge in [0, 0.05) is 30.9 Å². The van der Waals surface area contributed by atoms with Crippen LogP contribution in [-0.2, 0) is 9.59 Å². The molecule has 1 aromatic carbocycles. The lowest BCUT2D eigenvalue weighted by Crippen LogP contribution is -2.32. The third-order valence-corrected chi connectivity index (χ3v) is 4.59. The second kappa shape index (κ2) is 6.61. The van der Waals surface area contributed by atoms with E-state index in [9.17, 15) is 14.7 Å². The van der Waals surface area contributed by atoms with Crippen molar-refractivity contribution in [3.63, 3.8) is 0 Å². The van der Waals surface area contributed by atoms with Gasteiger partial charge in [0.2, 0.25) is 0 Å². The Hall–Kier alpha value is -3.02. The van der Waals surface area contributed by atoms with Crippen LogP contribution in [0, 0.1) is 5.41 Å². The standard InChI is InChI=1S/C21H24N2O4/c1-21(2,3)19(25)16-17(15-7-6-12-27-15)23(20(26)18(16)24)14-10-8-13(9-11-14)22(4)5/h6-12,17,24H,1-5H3. The average molecular weight is 368 g/mol. The van der Waals surface area contributed by atoms with Crippen molar-refractivity contribution in [3.8, 4) is 0 Å². The van der Waals surface area contributed by atoms with Crippen molar-refractivity contribution in [2.24, 2.45) is 5.41 Å². The number of hydrogen-bond donors (Lipinski definition) is 1. The third kappa shape index (κ3) is 3.23. The van der Waals surface area contributed by atoms with Crippen LogP contribution in [-0.4, -0.2) is 30.9 Å². The molecule has 0 saturated heterocycles. The molecule has 27 heavy (non-hydrogen) atoms. The van der Waals surface area contributed by atoms with Gasteiger partial charge < -0.3 is 14.4 Å². The maximum absolute atomic E-state index is 13.0. The van der Waals surface area contributed by atoms with E-state index in [2.05, 4.69) is 0 Å². The van der Waals surface area contributed by atoms with Crippen LogP contribution in [0.25, 0.3) is 0 Å². The van der Waals surface area contributed by atoms with Gasteiger partial charge in [-0.2, -0.15) is 0 Å². The number of nitrogens with zero attached hydrogens (tertiary/aromatic N) is 2. The summed E-state index contributed by atoms with van der Waals surface area (Å²) < 4.78 is 5.52. The molecule has 2 aromatic rings. The van der Waals surface area contributed by atoms with Crippen molar-refractivity contribution in [2.45, 2.75) is 26.8 Å². The molecule has 0 fully saturated rings. The Labute approximate surface area is 158 Å². The van der Waals surface area contributed by atoms with Crippen molar-refractivity contribution in [2.75, 3.05) is 23.9 Å². The summed E-state index contributed by atoms with van der Waals surface area (Å²) in [5, 5.41) is 10.6. The highest BCUT2D eigenvalue weighted by Gasteiger charge is 2.47. The molecule has 1 N–H and O–H groups in total. The van der Waals surface area contributed by atoms with Gasteiger partial charge in [-0.1, -0.05) is 20.8 Å². The summed E-state index contributed by atoms with van der Waals surface area (Å²) in [5.74, 6) is -0.992. The molecule has 2 heterocycles. The number of aliphatic hydroxyl groups excluding tert-OH is 1. The predicted molar refractivity (Wildman–Crippen MR) is 104 cm³/mol. The molecule has 1 aromatic heterocycles. The number of carbonyl (C=O) groups is 2. The number of ketones is 1. The fourth-order valence-electron chi connectivity index (χ4n) is 3.13. The lowest BCUT2D eigenvalue weighted by atomic mass is 9.83. The molecule has 1 amide bonds. The van der Waals surface area contributed by atoms with E-state index in [0.29, 0.717) is 11.4 Å². The Morgan fingerprint density at radius 2 is 1.78 bits per heavy atom. The van der Waals surface area contributed by atoms with Crippen LogP contribution in [0.3, 0.4) is 0 Å². The van der Waals surface area contributed by atoms with Gasteiger partial charge in [0.25, 0.3) is 5.91 Å². The first kappa shape index (κ1) is 18.8. The number of anilines is 2. The fourth-order valence-corrected chi connectivity index (χ4v) is 3.13. The Kier molecular flexibility index (Phi) is 4.59. The minimum absolute atomic E-state index is 0.0686. The molecule has 6 heteroatoms. The topological polar surface area (TPSA) is 74.0 Å². The van der Waals surface area contributed by atoms with Crippen LogP contribution >= 0.6 is 0 Å². The molecule has 6 nitrogen and oxygen atoms in total. The smallest absolute Gasteiger partial charge is 0.294 e. The molecule has 0 radical (unpaired) electrons. The highest BCUT2D eigenvalue weighted by Crippen LogP contribution is 2.43. The van der Waals surface area contributed by atoms with E-state index in [0.717, 1.165) is 5.69 Å². The zero-order valence-corrected chi connectivity index (χ0v) is 16.2. The van der Waals surface area contributed by atoms with Crippen molar-refractivity contribution >= 4 is 23.1 Å². The summed E-state index contributed by atoms with van der Waals surface area (Å²) in [7, 11) is 3.85. The zero-order chi connectivity index (χ0) is 19.9. The summed E-state index contributed by atoms with van der Waals surface area (Å²) in [6.07, 6.45) is 1.49. The summed E-state index contributed by atoms with van der Waals surface area (Å²) in [4.78, 5) is 29.2. The van der Waals surface area contributed by atoms with Crippen LogP contribution in [0.4, 0.5) is 11.4 Å². The van der Waals surface area contributed by atoms with E-state index in [4.69, 9.17) is 4.42 Å². The highest BCUT2D eigenvalue weighted by atomic mass is 16.3. The number of aliphatic hydroxyl groups is 1. The van der Waals surface area contributed by atoms with Crippen LogP contribution in [0.5, 0.6) is 0 Å². The molecule has 1 atom stereocenters. The minimum atomic E-state index is -0.801. The largest absolute Gasteiger partial charge is 0.503 e. The van der Waals surface area contributed by atoms with Gasteiger partial charge >= 0.3 is 0 Å². The Morgan fingerprint density at radius 1 is 1.15 bits per heavy atom. The summed E-state index contributed by atoms with van der Waals surface area (Å²) >= 11 is 0. The lowest BCUT2D eigenvalue weighted by molar-refractivity contribution is -0.123. The Morgan fingerprint density at radius 3 is 2.26 bits per heavy atom. The number of benzene rings is 1. The SMILES string of the molecule is CN(C)c1ccc(N2C(=O)C(O)=C(C(=O)C(C)(C)C)C2c2ccco2)cc1. The summed E-state index contributed by atoms with van der Waals surface area (Å²) in [6, 6.07) is 9.94. The molecule has 1 aliphatic rings. The Bertz CT molecular complexity index is 887. The van der Waals surface area contributed by atoms with Crippen molar-refractivity contribution in [1.82, 2.24) is 0 Å². The van der Waals surface area contributed by atoms with Gasteiger partial charge in [-0.15, -0.1) is 0 Å². The first-order chi connectivity index (χ1) is 12.6. The average Bonchev–Trinajstić information content (AvgIpc) is 3.21. The molecule has 0 spiro atoms. The van der Waals surface area contributed by atoms with E-state index in [-0.39, 0.29) is 11.4 Å². The Balaban J connectivity index is 2.12. The molecule has 142 valence electrons. The predicted octanol–water partition coefficient (Wildman–Crippen LogP) is 3.86. The number of carbonyl (C=O) groups excluding carboxylic acids is 2. The summed E-state index contributed by atoms with van der Waals surface area (Å²) in [5.41, 5.74) is 0.872. The maximum Gasteiger partial charge on any atom is 0.294 e. The summed E-state index contributed by atoms with van der Waals surface area (Å²) in [6.45, 7) is 5.27. The minimum Gasteiger partial charge on any atom is -0.503 e. The van der Waals surface area contributed by atoms with Gasteiger partial charge in [-0.3, -0.25) is 14.5 Å². The molecule has 1 unspecified atom stereocenters.